The maximum atomic E-state index is 10.8. The molecule has 1 saturated heterocycles. The number of hydrogen-bond acceptors (Lipinski definition) is 5. The molecular weight excluding hydrogens is 270 g/mol. The average Bonchev–Trinajstić information content (AvgIpc) is 2.89. The van der Waals surface area contributed by atoms with Crippen molar-refractivity contribution >= 4 is 22.7 Å². The van der Waals surface area contributed by atoms with Gasteiger partial charge in [0.25, 0.3) is 5.69 Å². The lowest BCUT2D eigenvalue weighted by Crippen LogP contribution is -2.49. The number of nitro groups is 1. The standard InChI is InChI=1S/C14H19N5O2/c1-9(15)13-4-2-3-7-18(13)14-16-11-6-5-10(19(20)21)8-12(11)17-14/h5-6,8-9,13H,2-4,7,15H2,1H3,(H,16,17). The molecule has 0 aliphatic carbocycles. The summed E-state index contributed by atoms with van der Waals surface area (Å²) in [6.45, 7) is 2.92. The number of nitrogens with one attached hydrogen (secondary N) is 1. The molecule has 1 aromatic heterocycles. The van der Waals surface area contributed by atoms with E-state index in [1.165, 1.54) is 18.6 Å². The number of nitrogens with two attached hydrogens (primary N) is 1. The summed E-state index contributed by atoms with van der Waals surface area (Å²) in [5.41, 5.74) is 7.58. The van der Waals surface area contributed by atoms with Gasteiger partial charge in [-0.2, -0.15) is 0 Å². The molecule has 2 heterocycles. The number of fused-ring (bicyclic) bond motifs is 1. The molecule has 0 radical (unpaired) electrons. The van der Waals surface area contributed by atoms with E-state index in [1.807, 2.05) is 6.92 Å². The van der Waals surface area contributed by atoms with Crippen LogP contribution in [0.25, 0.3) is 11.0 Å². The smallest absolute Gasteiger partial charge is 0.271 e. The Balaban J connectivity index is 1.97. The first kappa shape index (κ1) is 13.8. The summed E-state index contributed by atoms with van der Waals surface area (Å²) < 4.78 is 0. The highest BCUT2D eigenvalue weighted by atomic mass is 16.6. The number of nitrogens with zero attached hydrogens (tertiary/aromatic N) is 3. The molecule has 0 spiro atoms. The highest BCUT2D eigenvalue weighted by molar-refractivity contribution is 5.80. The lowest BCUT2D eigenvalue weighted by atomic mass is 9.97. The predicted molar refractivity (Wildman–Crippen MR) is 81.4 cm³/mol. The fourth-order valence-corrected chi connectivity index (χ4v) is 3.00. The molecule has 1 aliphatic rings. The van der Waals surface area contributed by atoms with Gasteiger partial charge in [0.05, 0.1) is 16.0 Å². The molecule has 7 heteroatoms. The van der Waals surface area contributed by atoms with Crippen molar-refractivity contribution < 1.29 is 4.92 Å². The van der Waals surface area contributed by atoms with E-state index in [0.29, 0.717) is 5.52 Å². The van der Waals surface area contributed by atoms with E-state index >= 15 is 0 Å². The number of aromatic nitrogens is 2. The van der Waals surface area contributed by atoms with Gasteiger partial charge in [0.15, 0.2) is 0 Å². The third-order valence-electron chi connectivity index (χ3n) is 4.09. The summed E-state index contributed by atoms with van der Waals surface area (Å²) in [5, 5.41) is 10.8. The van der Waals surface area contributed by atoms with Gasteiger partial charge in [0.2, 0.25) is 5.95 Å². The van der Waals surface area contributed by atoms with Crippen molar-refractivity contribution in [3.8, 4) is 0 Å². The van der Waals surface area contributed by atoms with Gasteiger partial charge in [-0.25, -0.2) is 4.98 Å². The van der Waals surface area contributed by atoms with Crippen molar-refractivity contribution in [1.82, 2.24) is 9.97 Å². The lowest BCUT2D eigenvalue weighted by molar-refractivity contribution is -0.384. The van der Waals surface area contributed by atoms with Crippen molar-refractivity contribution in [3.05, 3.63) is 28.3 Å². The second-order valence-corrected chi connectivity index (χ2v) is 5.63. The van der Waals surface area contributed by atoms with Crippen molar-refractivity contribution in [2.45, 2.75) is 38.3 Å². The summed E-state index contributed by atoms with van der Waals surface area (Å²) >= 11 is 0. The number of hydrogen-bond donors (Lipinski definition) is 2. The molecule has 7 nitrogen and oxygen atoms in total. The van der Waals surface area contributed by atoms with Crippen LogP contribution in [-0.2, 0) is 0 Å². The third kappa shape index (κ3) is 2.56. The Kier molecular flexibility index (Phi) is 3.50. The number of anilines is 1. The molecule has 0 bridgehead atoms. The van der Waals surface area contributed by atoms with Crippen molar-refractivity contribution in [2.75, 3.05) is 11.4 Å². The van der Waals surface area contributed by atoms with Gasteiger partial charge >= 0.3 is 0 Å². The van der Waals surface area contributed by atoms with E-state index in [4.69, 9.17) is 5.73 Å². The zero-order chi connectivity index (χ0) is 15.0. The molecule has 2 unspecified atom stereocenters. The lowest BCUT2D eigenvalue weighted by Gasteiger charge is -2.37. The molecule has 3 N–H and O–H groups in total. The van der Waals surface area contributed by atoms with Gasteiger partial charge in [-0.1, -0.05) is 0 Å². The quantitative estimate of drug-likeness (QED) is 0.666. The largest absolute Gasteiger partial charge is 0.338 e. The summed E-state index contributed by atoms with van der Waals surface area (Å²) in [6.07, 6.45) is 3.34. The number of nitro benzene ring substituents is 1. The first-order valence-electron chi connectivity index (χ1n) is 7.22. The van der Waals surface area contributed by atoms with Crippen molar-refractivity contribution in [3.63, 3.8) is 0 Å². The van der Waals surface area contributed by atoms with Crippen LogP contribution >= 0.6 is 0 Å². The summed E-state index contributed by atoms with van der Waals surface area (Å²) in [7, 11) is 0. The zero-order valence-corrected chi connectivity index (χ0v) is 12.0. The van der Waals surface area contributed by atoms with Gasteiger partial charge in [0.1, 0.15) is 0 Å². The van der Waals surface area contributed by atoms with E-state index in [1.54, 1.807) is 6.07 Å². The first-order valence-corrected chi connectivity index (χ1v) is 7.22. The number of imidazole rings is 1. The first-order chi connectivity index (χ1) is 10.1. The molecule has 0 saturated carbocycles. The summed E-state index contributed by atoms with van der Waals surface area (Å²) in [4.78, 5) is 20.4. The highest BCUT2D eigenvalue weighted by Gasteiger charge is 2.27. The fourth-order valence-electron chi connectivity index (χ4n) is 3.00. The van der Waals surface area contributed by atoms with Crippen LogP contribution in [0, 0.1) is 10.1 Å². The van der Waals surface area contributed by atoms with E-state index in [-0.39, 0.29) is 17.8 Å². The molecule has 2 atom stereocenters. The molecule has 21 heavy (non-hydrogen) atoms. The molecule has 0 amide bonds. The van der Waals surface area contributed by atoms with Crippen molar-refractivity contribution in [1.29, 1.82) is 0 Å². The number of piperidine rings is 1. The van der Waals surface area contributed by atoms with E-state index in [9.17, 15) is 10.1 Å². The van der Waals surface area contributed by atoms with Crippen LogP contribution in [0.2, 0.25) is 0 Å². The van der Waals surface area contributed by atoms with Gasteiger partial charge in [-0.05, 0) is 32.3 Å². The Labute approximate surface area is 122 Å². The third-order valence-corrected chi connectivity index (χ3v) is 4.09. The predicted octanol–water partition coefficient (Wildman–Crippen LogP) is 2.18. The second-order valence-electron chi connectivity index (χ2n) is 5.63. The molecule has 2 aromatic rings. The Morgan fingerprint density at radius 2 is 2.33 bits per heavy atom. The molecular formula is C14H19N5O2. The average molecular weight is 289 g/mol. The van der Waals surface area contributed by atoms with Gasteiger partial charge in [0, 0.05) is 30.8 Å². The maximum Gasteiger partial charge on any atom is 0.271 e. The van der Waals surface area contributed by atoms with Gasteiger partial charge in [-0.3, -0.25) is 10.1 Å². The molecule has 1 aliphatic heterocycles. The normalized spacial score (nSPS) is 20.7. The number of H-pyrrole nitrogens is 1. The van der Waals surface area contributed by atoms with E-state index in [0.717, 1.165) is 30.9 Å². The highest BCUT2D eigenvalue weighted by Crippen LogP contribution is 2.27. The van der Waals surface area contributed by atoms with Gasteiger partial charge < -0.3 is 15.6 Å². The summed E-state index contributed by atoms with van der Waals surface area (Å²) in [6, 6.07) is 5.00. The molecule has 1 fully saturated rings. The van der Waals surface area contributed by atoms with Crippen LogP contribution in [0.1, 0.15) is 26.2 Å². The van der Waals surface area contributed by atoms with Crippen LogP contribution in [0.15, 0.2) is 18.2 Å². The minimum atomic E-state index is -0.397. The van der Waals surface area contributed by atoms with E-state index < -0.39 is 4.92 Å². The second kappa shape index (κ2) is 5.33. The van der Waals surface area contributed by atoms with E-state index in [2.05, 4.69) is 14.9 Å². The molecule has 1 aromatic carbocycles. The monoisotopic (exact) mass is 289 g/mol. The van der Waals surface area contributed by atoms with Gasteiger partial charge in [-0.15, -0.1) is 0 Å². The number of non-ortho nitro benzene ring substituents is 1. The maximum absolute atomic E-state index is 10.8. The number of rotatable bonds is 3. The number of aromatic amines is 1. The van der Waals surface area contributed by atoms with Crippen LogP contribution < -0.4 is 10.6 Å². The Bertz CT molecular complexity index is 666. The Hall–Kier alpha value is -2.15. The van der Waals surface area contributed by atoms with Crippen LogP contribution in [0.5, 0.6) is 0 Å². The SMILES string of the molecule is CC(N)C1CCCCN1c1nc2ccc([N+](=O)[O-])cc2[nH]1. The van der Waals surface area contributed by atoms with Crippen LogP contribution in [0.4, 0.5) is 11.6 Å². The topological polar surface area (TPSA) is 101 Å². The van der Waals surface area contributed by atoms with Crippen molar-refractivity contribution in [2.24, 2.45) is 5.73 Å². The minimum Gasteiger partial charge on any atom is -0.338 e. The molecule has 112 valence electrons. The Morgan fingerprint density at radius 3 is 3.05 bits per heavy atom. The molecule has 3 rings (SSSR count). The fraction of sp³-hybridized carbons (Fsp3) is 0.500. The minimum absolute atomic E-state index is 0.0628. The Morgan fingerprint density at radius 1 is 1.52 bits per heavy atom. The summed E-state index contributed by atoms with van der Waals surface area (Å²) in [5.74, 6) is 0.757. The zero-order valence-electron chi connectivity index (χ0n) is 12.0. The van der Waals surface area contributed by atoms with Crippen LogP contribution in [-0.4, -0.2) is 33.5 Å². The van der Waals surface area contributed by atoms with Crippen LogP contribution in [0.3, 0.4) is 0 Å². The number of benzene rings is 1.